The summed E-state index contributed by atoms with van der Waals surface area (Å²) in [6.07, 6.45) is -4.94. The molecule has 28 heavy (non-hydrogen) atoms. The van der Waals surface area contributed by atoms with Crippen molar-refractivity contribution >= 4 is 22.4 Å². The Morgan fingerprint density at radius 1 is 1.29 bits per heavy atom. The lowest BCUT2D eigenvalue weighted by atomic mass is 10.1. The number of amides is 1. The smallest absolute Gasteiger partial charge is 0.471 e. The normalized spacial score (nSPS) is 15.4. The van der Waals surface area contributed by atoms with Gasteiger partial charge >= 0.3 is 12.1 Å². The van der Waals surface area contributed by atoms with Gasteiger partial charge in [0.2, 0.25) is 0 Å². The largest absolute Gasteiger partial charge is 0.492 e. The molecule has 1 N–H and O–H groups in total. The van der Waals surface area contributed by atoms with Gasteiger partial charge in [-0.05, 0) is 31.2 Å². The van der Waals surface area contributed by atoms with Crippen molar-refractivity contribution in [2.24, 2.45) is 0 Å². The highest BCUT2D eigenvalue weighted by atomic mass is 32.1. The lowest BCUT2D eigenvalue weighted by Gasteiger charge is -2.26. The van der Waals surface area contributed by atoms with Gasteiger partial charge in [0.1, 0.15) is 12.4 Å². The molecule has 2 aromatic rings. The van der Waals surface area contributed by atoms with Crippen molar-refractivity contribution in [2.45, 2.75) is 13.1 Å². The summed E-state index contributed by atoms with van der Waals surface area (Å²) < 4.78 is 48.2. The topological polar surface area (TPSA) is 63.7 Å². The van der Waals surface area contributed by atoms with Crippen LogP contribution in [0.15, 0.2) is 24.3 Å². The van der Waals surface area contributed by atoms with E-state index < -0.39 is 12.1 Å². The molecule has 152 valence electrons. The van der Waals surface area contributed by atoms with Crippen molar-refractivity contribution in [1.82, 2.24) is 9.88 Å². The fourth-order valence-corrected chi connectivity index (χ4v) is 3.54. The minimum Gasteiger partial charge on any atom is -0.492 e. The number of benzene rings is 1. The lowest BCUT2D eigenvalue weighted by Crippen LogP contribution is -2.38. The first-order chi connectivity index (χ1) is 13.3. The van der Waals surface area contributed by atoms with E-state index in [1.165, 1.54) is 0 Å². The van der Waals surface area contributed by atoms with E-state index in [1.54, 1.807) is 36.5 Å². The third-order valence-electron chi connectivity index (χ3n) is 4.18. The molecule has 1 aromatic heterocycles. The van der Waals surface area contributed by atoms with Gasteiger partial charge in [0.05, 0.1) is 18.9 Å². The lowest BCUT2D eigenvalue weighted by molar-refractivity contribution is -0.167. The fourth-order valence-electron chi connectivity index (χ4n) is 2.71. The Balaban J connectivity index is 1.57. The maximum Gasteiger partial charge on any atom is 0.471 e. The molecule has 3 rings (SSSR count). The summed E-state index contributed by atoms with van der Waals surface area (Å²) in [7, 11) is 0. The summed E-state index contributed by atoms with van der Waals surface area (Å²) in [6.45, 7) is 6.40. The molecule has 0 unspecified atom stereocenters. The van der Waals surface area contributed by atoms with Crippen molar-refractivity contribution in [3.8, 4) is 17.0 Å². The van der Waals surface area contributed by atoms with Gasteiger partial charge in [0, 0.05) is 30.1 Å². The number of ether oxygens (including phenoxy) is 2. The van der Waals surface area contributed by atoms with Crippen LogP contribution in [-0.2, 0) is 9.53 Å². The number of hydrogen-bond acceptors (Lipinski definition) is 6. The van der Waals surface area contributed by atoms with Gasteiger partial charge in [0.25, 0.3) is 0 Å². The number of anilines is 1. The first kappa shape index (κ1) is 20.6. The molecule has 0 atom stereocenters. The molecule has 6 nitrogen and oxygen atoms in total. The van der Waals surface area contributed by atoms with Crippen LogP contribution >= 0.6 is 11.3 Å². The second-order valence-corrected chi connectivity index (χ2v) is 7.41. The molecule has 1 aromatic carbocycles. The van der Waals surface area contributed by atoms with Crippen molar-refractivity contribution in [3.63, 3.8) is 0 Å². The number of halogens is 3. The zero-order valence-corrected chi connectivity index (χ0v) is 16.0. The quantitative estimate of drug-likeness (QED) is 0.784. The van der Waals surface area contributed by atoms with Crippen LogP contribution in [0.1, 0.15) is 4.88 Å². The van der Waals surface area contributed by atoms with Gasteiger partial charge in [-0.25, -0.2) is 4.98 Å². The van der Waals surface area contributed by atoms with Crippen molar-refractivity contribution in [1.29, 1.82) is 0 Å². The third-order valence-corrected chi connectivity index (χ3v) is 5.07. The van der Waals surface area contributed by atoms with E-state index in [2.05, 4.69) is 9.88 Å². The maximum atomic E-state index is 12.4. The predicted octanol–water partition coefficient (Wildman–Crippen LogP) is 3.33. The summed E-state index contributed by atoms with van der Waals surface area (Å²) in [5.74, 6) is -1.33. The van der Waals surface area contributed by atoms with Crippen LogP contribution in [0.5, 0.6) is 5.75 Å². The highest BCUT2D eigenvalue weighted by Crippen LogP contribution is 2.32. The molecule has 0 saturated carbocycles. The minimum absolute atomic E-state index is 0.0827. The third kappa shape index (κ3) is 5.43. The second kappa shape index (κ2) is 8.89. The van der Waals surface area contributed by atoms with Crippen molar-refractivity contribution in [2.75, 3.05) is 44.8 Å². The number of aryl methyl sites for hydroxylation is 1. The number of hydrogen-bond donors (Lipinski definition) is 1. The number of thiazole rings is 1. The average Bonchev–Trinajstić information content (AvgIpc) is 3.02. The van der Waals surface area contributed by atoms with Crippen molar-refractivity contribution < 1.29 is 27.4 Å². The summed E-state index contributed by atoms with van der Waals surface area (Å²) in [5, 5.41) is 1.71. The summed E-state index contributed by atoms with van der Waals surface area (Å²) in [5.41, 5.74) is 1.27. The van der Waals surface area contributed by atoms with Crippen LogP contribution in [0.4, 0.5) is 18.3 Å². The van der Waals surface area contributed by atoms with Crippen LogP contribution in [-0.4, -0.2) is 61.4 Å². The Hall–Kier alpha value is -2.17. The van der Waals surface area contributed by atoms with Gasteiger partial charge in [0.15, 0.2) is 5.13 Å². The van der Waals surface area contributed by atoms with E-state index in [4.69, 9.17) is 9.47 Å². The molecular weight excluding hydrogens is 395 g/mol. The van der Waals surface area contributed by atoms with Crippen LogP contribution in [0.3, 0.4) is 0 Å². The molecule has 0 spiro atoms. The number of alkyl halides is 3. The average molecular weight is 415 g/mol. The molecule has 1 aliphatic rings. The molecular formula is C18H20F3N3O3S. The number of rotatable bonds is 6. The van der Waals surface area contributed by atoms with Crippen LogP contribution in [0.25, 0.3) is 11.3 Å². The molecule has 0 radical (unpaired) electrons. The molecule has 2 heterocycles. The molecule has 1 fully saturated rings. The number of carbonyl (C=O) groups excluding carboxylic acids is 1. The van der Waals surface area contributed by atoms with Crippen molar-refractivity contribution in [3.05, 3.63) is 29.1 Å². The Morgan fingerprint density at radius 2 is 1.96 bits per heavy atom. The highest BCUT2D eigenvalue weighted by molar-refractivity contribution is 7.16. The van der Waals surface area contributed by atoms with Crippen LogP contribution in [0.2, 0.25) is 0 Å². The van der Waals surface area contributed by atoms with Gasteiger partial charge in [-0.1, -0.05) is 0 Å². The Labute approximate surface area is 164 Å². The summed E-state index contributed by atoms with van der Waals surface area (Å²) in [4.78, 5) is 18.1. The second-order valence-electron chi connectivity index (χ2n) is 6.20. The summed E-state index contributed by atoms with van der Waals surface area (Å²) >= 11 is 0.997. The first-order valence-corrected chi connectivity index (χ1v) is 9.53. The standard InChI is InChI=1S/C18H20F3N3O3S/c1-12-15(22-17(28-12)23-16(25)18(19,20)21)13-2-4-14(5-3-13)27-11-8-24-6-9-26-10-7-24/h2-5H,6-11H2,1H3,(H,22,23,25). The van der Waals surface area contributed by atoms with Gasteiger partial charge in [-0.3, -0.25) is 15.0 Å². The van der Waals surface area contributed by atoms with Gasteiger partial charge < -0.3 is 9.47 Å². The molecule has 1 amide bonds. The SMILES string of the molecule is Cc1sc(NC(=O)C(F)(F)F)nc1-c1ccc(OCCN2CCOCC2)cc1. The van der Waals surface area contributed by atoms with Crippen LogP contribution in [0, 0.1) is 6.92 Å². The number of nitrogens with zero attached hydrogens (tertiary/aromatic N) is 2. The Kier molecular flexibility index (Phi) is 6.53. The molecule has 0 aliphatic carbocycles. The minimum atomic E-state index is -4.94. The van der Waals surface area contributed by atoms with Gasteiger partial charge in [-0.2, -0.15) is 13.2 Å². The van der Waals surface area contributed by atoms with E-state index >= 15 is 0 Å². The van der Waals surface area contributed by atoms with E-state index in [0.29, 0.717) is 22.9 Å². The first-order valence-electron chi connectivity index (χ1n) is 8.72. The van der Waals surface area contributed by atoms with Crippen LogP contribution < -0.4 is 10.1 Å². The number of nitrogens with one attached hydrogen (secondary N) is 1. The molecule has 10 heteroatoms. The molecule has 1 aliphatic heterocycles. The van der Waals surface area contributed by atoms with E-state index in [9.17, 15) is 18.0 Å². The monoisotopic (exact) mass is 415 g/mol. The fraction of sp³-hybridized carbons (Fsp3) is 0.444. The zero-order valence-electron chi connectivity index (χ0n) is 15.2. The highest BCUT2D eigenvalue weighted by Gasteiger charge is 2.39. The van der Waals surface area contributed by atoms with Gasteiger partial charge in [-0.15, -0.1) is 11.3 Å². The molecule has 1 saturated heterocycles. The van der Waals surface area contributed by atoms with E-state index in [0.717, 1.165) is 49.7 Å². The number of aromatic nitrogens is 1. The van der Waals surface area contributed by atoms with E-state index in [-0.39, 0.29) is 5.13 Å². The molecule has 0 bridgehead atoms. The predicted molar refractivity (Wildman–Crippen MR) is 99.7 cm³/mol. The summed E-state index contributed by atoms with van der Waals surface area (Å²) in [6, 6.07) is 7.17. The maximum absolute atomic E-state index is 12.4. The van der Waals surface area contributed by atoms with E-state index in [1.807, 2.05) is 0 Å². The number of carbonyl (C=O) groups is 1. The number of morpholine rings is 1. The Bertz CT molecular complexity index is 803. The Morgan fingerprint density at radius 3 is 2.61 bits per heavy atom. The zero-order chi connectivity index (χ0) is 20.1.